The number of carbonyl (C=O) groups excluding carboxylic acids is 1. The van der Waals surface area contributed by atoms with Crippen molar-refractivity contribution in [1.29, 1.82) is 0 Å². The predicted octanol–water partition coefficient (Wildman–Crippen LogP) is 2.16. The van der Waals surface area contributed by atoms with Gasteiger partial charge in [-0.1, -0.05) is 6.07 Å². The number of methoxy groups -OCH3 is 1. The fourth-order valence-electron chi connectivity index (χ4n) is 2.77. The standard InChI is InChI=1S/C16H20N2O6S/c1-11(16(8-9-16)25(3,22)23)17-13-6-4-12(5-7-15(19)24-2)10-14(13)18(20)21/h4-7,10-11,17H,8-9H2,1-3H3. The number of nitro groups is 1. The van der Waals surface area contributed by atoms with Gasteiger partial charge in [-0.25, -0.2) is 13.2 Å². The zero-order valence-corrected chi connectivity index (χ0v) is 15.0. The van der Waals surface area contributed by atoms with Crippen LogP contribution >= 0.6 is 0 Å². The van der Waals surface area contributed by atoms with E-state index in [9.17, 15) is 23.3 Å². The van der Waals surface area contributed by atoms with Crippen LogP contribution in [-0.4, -0.2) is 43.5 Å². The third-order valence-electron chi connectivity index (χ3n) is 4.47. The molecule has 1 aromatic rings. The quantitative estimate of drug-likeness (QED) is 0.339. The van der Waals surface area contributed by atoms with Gasteiger partial charge in [0.1, 0.15) is 5.69 Å². The number of nitro benzene ring substituents is 1. The van der Waals surface area contributed by atoms with Crippen LogP contribution in [0.2, 0.25) is 0 Å². The van der Waals surface area contributed by atoms with Gasteiger partial charge >= 0.3 is 5.97 Å². The molecule has 0 radical (unpaired) electrons. The third-order valence-corrected chi connectivity index (χ3v) is 6.71. The number of nitrogens with one attached hydrogen (secondary N) is 1. The topological polar surface area (TPSA) is 116 Å². The Kier molecular flexibility index (Phi) is 5.17. The van der Waals surface area contributed by atoms with E-state index in [1.54, 1.807) is 13.0 Å². The lowest BCUT2D eigenvalue weighted by Gasteiger charge is -2.23. The first-order chi connectivity index (χ1) is 11.6. The SMILES string of the molecule is COC(=O)C=Cc1ccc(NC(C)C2(S(C)(=O)=O)CC2)c([N+](=O)[O-])c1. The van der Waals surface area contributed by atoms with Crippen molar-refractivity contribution in [2.24, 2.45) is 0 Å². The lowest BCUT2D eigenvalue weighted by atomic mass is 10.1. The van der Waals surface area contributed by atoms with Crippen molar-refractivity contribution < 1.29 is 22.9 Å². The highest BCUT2D eigenvalue weighted by molar-refractivity contribution is 7.92. The van der Waals surface area contributed by atoms with Crippen molar-refractivity contribution in [3.63, 3.8) is 0 Å². The average Bonchev–Trinajstić information content (AvgIpc) is 3.34. The molecule has 2 rings (SSSR count). The Morgan fingerprint density at radius 2 is 2.08 bits per heavy atom. The van der Waals surface area contributed by atoms with Crippen LogP contribution in [0.25, 0.3) is 6.08 Å². The molecule has 8 nitrogen and oxygen atoms in total. The van der Waals surface area contributed by atoms with E-state index in [1.807, 2.05) is 0 Å². The maximum Gasteiger partial charge on any atom is 0.330 e. The number of carbonyl (C=O) groups is 1. The molecule has 1 N–H and O–H groups in total. The molecule has 0 heterocycles. The number of anilines is 1. The van der Waals surface area contributed by atoms with E-state index in [0.29, 0.717) is 18.4 Å². The highest BCUT2D eigenvalue weighted by Gasteiger charge is 2.56. The van der Waals surface area contributed by atoms with Gasteiger partial charge in [-0.3, -0.25) is 10.1 Å². The summed E-state index contributed by atoms with van der Waals surface area (Å²) in [6, 6.07) is 3.96. The predicted molar refractivity (Wildman–Crippen MR) is 94.0 cm³/mol. The van der Waals surface area contributed by atoms with Gasteiger partial charge in [-0.05, 0) is 37.5 Å². The summed E-state index contributed by atoms with van der Waals surface area (Å²) < 4.78 is 27.5. The fraction of sp³-hybridized carbons (Fsp3) is 0.438. The van der Waals surface area contributed by atoms with Gasteiger partial charge in [-0.15, -0.1) is 0 Å². The number of rotatable bonds is 7. The van der Waals surface area contributed by atoms with Gasteiger partial charge in [0.15, 0.2) is 9.84 Å². The molecule has 0 spiro atoms. The lowest BCUT2D eigenvalue weighted by Crippen LogP contribution is -2.39. The van der Waals surface area contributed by atoms with Crippen LogP contribution in [0.1, 0.15) is 25.3 Å². The number of esters is 1. The number of sulfone groups is 1. The van der Waals surface area contributed by atoms with Gasteiger partial charge in [0, 0.05) is 24.4 Å². The van der Waals surface area contributed by atoms with Crippen molar-refractivity contribution >= 4 is 33.3 Å². The first-order valence-electron chi connectivity index (χ1n) is 7.61. The van der Waals surface area contributed by atoms with E-state index in [1.165, 1.54) is 31.6 Å². The zero-order chi connectivity index (χ0) is 18.8. The number of nitrogens with zero attached hydrogens (tertiary/aromatic N) is 1. The van der Waals surface area contributed by atoms with Gasteiger partial charge in [0.25, 0.3) is 5.69 Å². The Hall–Kier alpha value is -2.42. The van der Waals surface area contributed by atoms with Crippen molar-refractivity contribution in [2.75, 3.05) is 18.7 Å². The van der Waals surface area contributed by atoms with E-state index in [2.05, 4.69) is 10.1 Å². The molecule has 0 aliphatic heterocycles. The molecular weight excluding hydrogens is 348 g/mol. The Labute approximate surface area is 145 Å². The molecule has 1 atom stereocenters. The van der Waals surface area contributed by atoms with Gasteiger partial charge in [0.2, 0.25) is 0 Å². The minimum absolute atomic E-state index is 0.192. The molecule has 1 fully saturated rings. The second-order valence-electron chi connectivity index (χ2n) is 6.09. The lowest BCUT2D eigenvalue weighted by molar-refractivity contribution is -0.384. The molecule has 1 aromatic carbocycles. The molecule has 25 heavy (non-hydrogen) atoms. The highest BCUT2D eigenvalue weighted by atomic mass is 32.2. The molecule has 0 bridgehead atoms. The Bertz CT molecular complexity index is 827. The molecule has 1 aliphatic carbocycles. The van der Waals surface area contributed by atoms with Gasteiger partial charge in [0.05, 0.1) is 16.8 Å². The first-order valence-corrected chi connectivity index (χ1v) is 9.50. The summed E-state index contributed by atoms with van der Waals surface area (Å²) in [5.41, 5.74) is 0.505. The zero-order valence-electron chi connectivity index (χ0n) is 14.2. The van der Waals surface area contributed by atoms with Gasteiger partial charge in [-0.2, -0.15) is 0 Å². The second kappa shape index (κ2) is 6.83. The number of benzene rings is 1. The summed E-state index contributed by atoms with van der Waals surface area (Å²) in [6.07, 6.45) is 4.83. The number of hydrogen-bond donors (Lipinski definition) is 1. The molecule has 0 saturated heterocycles. The summed E-state index contributed by atoms with van der Waals surface area (Å²) in [5.74, 6) is -0.567. The maximum absolute atomic E-state index is 12.0. The van der Waals surface area contributed by atoms with Crippen molar-refractivity contribution in [3.05, 3.63) is 40.0 Å². The minimum atomic E-state index is -3.27. The summed E-state index contributed by atoms with van der Waals surface area (Å²) in [7, 11) is -2.03. The molecule has 9 heteroatoms. The Morgan fingerprint density at radius 1 is 1.44 bits per heavy atom. The van der Waals surface area contributed by atoms with E-state index in [0.717, 1.165) is 6.08 Å². The van der Waals surface area contributed by atoms with Crippen LogP contribution in [0, 0.1) is 10.1 Å². The van der Waals surface area contributed by atoms with Crippen LogP contribution in [0.3, 0.4) is 0 Å². The molecule has 0 amide bonds. The van der Waals surface area contributed by atoms with Crippen LogP contribution in [0.5, 0.6) is 0 Å². The monoisotopic (exact) mass is 368 g/mol. The molecule has 1 aliphatic rings. The molecule has 136 valence electrons. The van der Waals surface area contributed by atoms with Crippen LogP contribution in [0.4, 0.5) is 11.4 Å². The third kappa shape index (κ3) is 3.98. The fourth-order valence-corrected chi connectivity index (χ4v) is 4.32. The average molecular weight is 368 g/mol. The van der Waals surface area contributed by atoms with E-state index >= 15 is 0 Å². The van der Waals surface area contributed by atoms with E-state index < -0.39 is 31.5 Å². The van der Waals surface area contributed by atoms with Crippen LogP contribution < -0.4 is 5.32 Å². The Morgan fingerprint density at radius 3 is 2.56 bits per heavy atom. The molecule has 1 saturated carbocycles. The maximum atomic E-state index is 12.0. The molecule has 1 unspecified atom stereocenters. The van der Waals surface area contributed by atoms with Crippen LogP contribution in [0.15, 0.2) is 24.3 Å². The largest absolute Gasteiger partial charge is 0.466 e. The smallest absolute Gasteiger partial charge is 0.330 e. The summed E-state index contributed by atoms with van der Waals surface area (Å²) in [5, 5.41) is 14.3. The normalized spacial score (nSPS) is 17.1. The van der Waals surface area contributed by atoms with E-state index in [4.69, 9.17) is 0 Å². The van der Waals surface area contributed by atoms with Crippen LogP contribution in [-0.2, 0) is 19.4 Å². The Balaban J connectivity index is 2.28. The summed E-state index contributed by atoms with van der Waals surface area (Å²) in [4.78, 5) is 21.9. The molecule has 0 aromatic heterocycles. The minimum Gasteiger partial charge on any atom is -0.466 e. The van der Waals surface area contributed by atoms with Crippen molar-refractivity contribution in [1.82, 2.24) is 0 Å². The van der Waals surface area contributed by atoms with Gasteiger partial charge < -0.3 is 10.1 Å². The number of ether oxygens (including phenoxy) is 1. The van der Waals surface area contributed by atoms with E-state index in [-0.39, 0.29) is 11.4 Å². The van der Waals surface area contributed by atoms with Crippen molar-refractivity contribution in [3.8, 4) is 0 Å². The first kappa shape index (κ1) is 18.9. The second-order valence-corrected chi connectivity index (χ2v) is 8.45. The van der Waals surface area contributed by atoms with Crippen molar-refractivity contribution in [2.45, 2.75) is 30.6 Å². The number of hydrogen-bond acceptors (Lipinski definition) is 7. The highest BCUT2D eigenvalue weighted by Crippen LogP contribution is 2.47. The summed E-state index contributed by atoms with van der Waals surface area (Å²) >= 11 is 0. The molecular formula is C16H20N2O6S. The summed E-state index contributed by atoms with van der Waals surface area (Å²) in [6.45, 7) is 1.71.